The molecule has 3 heteroatoms. The van der Waals surface area contributed by atoms with E-state index < -0.39 is 0 Å². The average Bonchev–Trinajstić information content (AvgIpc) is 2.81. The second-order valence-corrected chi connectivity index (χ2v) is 5.61. The van der Waals surface area contributed by atoms with Gasteiger partial charge in [0.15, 0.2) is 0 Å². The molecule has 2 rings (SSSR count). The van der Waals surface area contributed by atoms with E-state index in [9.17, 15) is 4.79 Å². The molecule has 0 aromatic carbocycles. The van der Waals surface area contributed by atoms with Gasteiger partial charge in [-0.15, -0.1) is 11.3 Å². The monoisotopic (exact) mass is 237 g/mol. The predicted molar refractivity (Wildman–Crippen MR) is 67.8 cm³/mol. The Kier molecular flexibility index (Phi) is 3.77. The first-order valence-corrected chi connectivity index (χ1v) is 6.83. The first kappa shape index (κ1) is 11.8. The summed E-state index contributed by atoms with van der Waals surface area (Å²) in [4.78, 5) is 15.1. The molecule has 0 amide bonds. The molecule has 0 spiro atoms. The van der Waals surface area contributed by atoms with E-state index in [2.05, 4.69) is 36.4 Å². The topological polar surface area (TPSA) is 20.3 Å². The number of hydrogen-bond acceptors (Lipinski definition) is 3. The lowest BCUT2D eigenvalue weighted by Crippen LogP contribution is -2.36. The van der Waals surface area contributed by atoms with E-state index in [1.807, 2.05) is 11.3 Å². The van der Waals surface area contributed by atoms with E-state index in [-0.39, 0.29) is 0 Å². The fraction of sp³-hybridized carbons (Fsp3) is 0.615. The molecule has 1 heterocycles. The molecule has 1 aliphatic rings. The van der Waals surface area contributed by atoms with Crippen LogP contribution in [0.2, 0.25) is 0 Å². The standard InChI is InChI=1S/C13H19NOS/c1-10(13-4-3-9-16-13)14(2)11-5-7-12(15)8-6-11/h3-4,9-11H,5-8H2,1-2H3. The smallest absolute Gasteiger partial charge is 0.133 e. The summed E-state index contributed by atoms with van der Waals surface area (Å²) in [6.07, 6.45) is 3.61. The van der Waals surface area contributed by atoms with Crippen LogP contribution in [0.5, 0.6) is 0 Å². The minimum absolute atomic E-state index is 0.438. The first-order valence-electron chi connectivity index (χ1n) is 5.95. The van der Waals surface area contributed by atoms with Crippen LogP contribution >= 0.6 is 11.3 Å². The number of carbonyl (C=O) groups is 1. The van der Waals surface area contributed by atoms with Gasteiger partial charge in [0.2, 0.25) is 0 Å². The summed E-state index contributed by atoms with van der Waals surface area (Å²) < 4.78 is 0. The second kappa shape index (κ2) is 5.11. The van der Waals surface area contributed by atoms with Gasteiger partial charge in [0.25, 0.3) is 0 Å². The van der Waals surface area contributed by atoms with Gasteiger partial charge in [-0.05, 0) is 38.3 Å². The minimum Gasteiger partial charge on any atom is -0.300 e. The Bertz CT molecular complexity index is 337. The maximum absolute atomic E-state index is 11.2. The highest BCUT2D eigenvalue weighted by Gasteiger charge is 2.25. The largest absolute Gasteiger partial charge is 0.300 e. The molecule has 1 saturated carbocycles. The zero-order chi connectivity index (χ0) is 11.5. The van der Waals surface area contributed by atoms with E-state index in [4.69, 9.17) is 0 Å². The third-order valence-electron chi connectivity index (χ3n) is 3.65. The molecule has 1 fully saturated rings. The average molecular weight is 237 g/mol. The molecule has 0 N–H and O–H groups in total. The van der Waals surface area contributed by atoms with Crippen molar-refractivity contribution in [3.63, 3.8) is 0 Å². The van der Waals surface area contributed by atoms with E-state index in [1.165, 1.54) is 4.88 Å². The van der Waals surface area contributed by atoms with Crippen molar-refractivity contribution in [3.05, 3.63) is 22.4 Å². The summed E-state index contributed by atoms with van der Waals surface area (Å²) in [6, 6.07) is 5.35. The fourth-order valence-electron chi connectivity index (χ4n) is 2.38. The molecule has 16 heavy (non-hydrogen) atoms. The Morgan fingerprint density at radius 2 is 2.12 bits per heavy atom. The van der Waals surface area contributed by atoms with Gasteiger partial charge in [-0.3, -0.25) is 9.69 Å². The molecule has 0 bridgehead atoms. The summed E-state index contributed by atoms with van der Waals surface area (Å²) >= 11 is 1.82. The van der Waals surface area contributed by atoms with Crippen LogP contribution in [-0.4, -0.2) is 23.8 Å². The molecule has 0 radical (unpaired) electrons. The molecule has 1 aliphatic carbocycles. The number of nitrogens with zero attached hydrogens (tertiary/aromatic N) is 1. The van der Waals surface area contributed by atoms with Gasteiger partial charge in [-0.2, -0.15) is 0 Å². The summed E-state index contributed by atoms with van der Waals surface area (Å²) in [5.74, 6) is 0.438. The van der Waals surface area contributed by atoms with Crippen molar-refractivity contribution in [2.24, 2.45) is 0 Å². The molecule has 2 nitrogen and oxygen atoms in total. The Hall–Kier alpha value is -0.670. The van der Waals surface area contributed by atoms with Crippen LogP contribution in [-0.2, 0) is 4.79 Å². The number of rotatable bonds is 3. The Morgan fingerprint density at radius 1 is 1.44 bits per heavy atom. The zero-order valence-electron chi connectivity index (χ0n) is 9.98. The van der Waals surface area contributed by atoms with Crippen LogP contribution < -0.4 is 0 Å². The first-order chi connectivity index (χ1) is 7.68. The maximum atomic E-state index is 11.2. The molecular weight excluding hydrogens is 218 g/mol. The fourth-order valence-corrected chi connectivity index (χ4v) is 3.21. The predicted octanol–water partition coefficient (Wildman–Crippen LogP) is 3.25. The molecule has 88 valence electrons. The Morgan fingerprint density at radius 3 is 2.69 bits per heavy atom. The minimum atomic E-state index is 0.438. The van der Waals surface area contributed by atoms with E-state index in [0.29, 0.717) is 17.9 Å². The molecule has 1 unspecified atom stereocenters. The maximum Gasteiger partial charge on any atom is 0.133 e. The lowest BCUT2D eigenvalue weighted by molar-refractivity contribution is -0.121. The third-order valence-corrected chi connectivity index (χ3v) is 4.70. The Balaban J connectivity index is 1.96. The molecule has 1 atom stereocenters. The number of Topliss-reactive ketones (excluding diaryl/α,β-unsaturated/α-hetero) is 1. The van der Waals surface area contributed by atoms with Gasteiger partial charge in [0, 0.05) is 29.8 Å². The van der Waals surface area contributed by atoms with E-state index in [0.717, 1.165) is 25.7 Å². The van der Waals surface area contributed by atoms with Gasteiger partial charge in [-0.1, -0.05) is 6.07 Å². The SMILES string of the molecule is CC(c1cccs1)N(C)C1CCC(=O)CC1. The van der Waals surface area contributed by atoms with Crippen LogP contribution in [0.4, 0.5) is 0 Å². The van der Waals surface area contributed by atoms with Crippen LogP contribution in [0.25, 0.3) is 0 Å². The van der Waals surface area contributed by atoms with Gasteiger partial charge < -0.3 is 0 Å². The second-order valence-electron chi connectivity index (χ2n) is 4.63. The number of thiophene rings is 1. The summed E-state index contributed by atoms with van der Waals surface area (Å²) in [6.45, 7) is 2.25. The van der Waals surface area contributed by atoms with Crippen molar-refractivity contribution >= 4 is 17.1 Å². The zero-order valence-corrected chi connectivity index (χ0v) is 10.8. The molecule has 1 aromatic rings. The van der Waals surface area contributed by atoms with Crippen LogP contribution in [0, 0.1) is 0 Å². The highest BCUT2D eigenvalue weighted by atomic mass is 32.1. The molecule has 1 aromatic heterocycles. The van der Waals surface area contributed by atoms with Gasteiger partial charge >= 0.3 is 0 Å². The summed E-state index contributed by atoms with van der Waals surface area (Å²) in [7, 11) is 2.19. The van der Waals surface area contributed by atoms with Crippen molar-refractivity contribution in [1.82, 2.24) is 4.90 Å². The highest BCUT2D eigenvalue weighted by Crippen LogP contribution is 2.29. The van der Waals surface area contributed by atoms with Crippen molar-refractivity contribution < 1.29 is 4.79 Å². The summed E-state index contributed by atoms with van der Waals surface area (Å²) in [5.41, 5.74) is 0. The van der Waals surface area contributed by atoms with Crippen molar-refractivity contribution in [3.8, 4) is 0 Å². The number of carbonyl (C=O) groups excluding carboxylic acids is 1. The quantitative estimate of drug-likeness (QED) is 0.804. The van der Waals surface area contributed by atoms with Crippen LogP contribution in [0.3, 0.4) is 0 Å². The third kappa shape index (κ3) is 2.53. The van der Waals surface area contributed by atoms with Crippen LogP contribution in [0.15, 0.2) is 17.5 Å². The lowest BCUT2D eigenvalue weighted by Gasteiger charge is -2.34. The molecular formula is C13H19NOS. The van der Waals surface area contributed by atoms with E-state index in [1.54, 1.807) is 0 Å². The van der Waals surface area contributed by atoms with Gasteiger partial charge in [0.1, 0.15) is 5.78 Å². The van der Waals surface area contributed by atoms with Crippen molar-refractivity contribution in [1.29, 1.82) is 0 Å². The van der Waals surface area contributed by atoms with Crippen LogP contribution in [0.1, 0.15) is 43.5 Å². The van der Waals surface area contributed by atoms with Gasteiger partial charge in [0.05, 0.1) is 0 Å². The number of hydrogen-bond donors (Lipinski definition) is 0. The van der Waals surface area contributed by atoms with Crippen molar-refractivity contribution in [2.45, 2.75) is 44.7 Å². The molecule has 0 saturated heterocycles. The number of ketones is 1. The van der Waals surface area contributed by atoms with E-state index >= 15 is 0 Å². The van der Waals surface area contributed by atoms with Crippen molar-refractivity contribution in [2.75, 3.05) is 7.05 Å². The van der Waals surface area contributed by atoms with Gasteiger partial charge in [-0.25, -0.2) is 0 Å². The molecule has 0 aliphatic heterocycles. The normalized spacial score (nSPS) is 20.3. The summed E-state index contributed by atoms with van der Waals surface area (Å²) in [5, 5.41) is 2.13. The Labute approximate surface area is 101 Å². The highest BCUT2D eigenvalue weighted by molar-refractivity contribution is 7.10. The lowest BCUT2D eigenvalue weighted by atomic mass is 9.92.